The molecule has 2 amide bonds. The number of carbonyl (C=O) groups excluding carboxylic acids is 3. The predicted octanol–water partition coefficient (Wildman–Crippen LogP) is 1.88. The van der Waals surface area contributed by atoms with Gasteiger partial charge in [-0.25, -0.2) is 0 Å². The normalized spacial score (nSPS) is 34.9. The summed E-state index contributed by atoms with van der Waals surface area (Å²) in [5.74, 6) is -2.63. The van der Waals surface area contributed by atoms with Crippen molar-refractivity contribution < 1.29 is 29.0 Å². The molecule has 1 spiro atoms. The molecule has 8 nitrogen and oxygen atoms in total. The molecule has 180 valence electrons. The van der Waals surface area contributed by atoms with E-state index in [1.54, 1.807) is 24.8 Å². The van der Waals surface area contributed by atoms with Gasteiger partial charge in [0.25, 0.3) is 0 Å². The van der Waals surface area contributed by atoms with Crippen molar-refractivity contribution in [3.63, 3.8) is 0 Å². The Labute approximate surface area is 198 Å². The number of aliphatic hydroxyl groups is 1. The molecule has 3 fully saturated rings. The van der Waals surface area contributed by atoms with Crippen molar-refractivity contribution in [3.8, 4) is 0 Å². The number of alkyl halides is 1. The number of likely N-dealkylation sites (tertiary alicyclic amines) is 1. The summed E-state index contributed by atoms with van der Waals surface area (Å²) in [5.41, 5.74) is -1.14. The number of halogens is 1. The van der Waals surface area contributed by atoms with E-state index in [-0.39, 0.29) is 35.9 Å². The average molecular weight is 515 g/mol. The Kier molecular flexibility index (Phi) is 7.72. The van der Waals surface area contributed by atoms with Gasteiger partial charge in [-0.15, -0.1) is 6.58 Å². The third-order valence-electron chi connectivity index (χ3n) is 7.11. The standard InChI is InChI=1S/C23H35BrN2O6/c1-6-9-13(4)25(10-7-2)21(29)19-23-11-15(24)18(32-23)16(22(30)31-8-3)17(23)20(28)26(19)14(5)12-27/h7,13-19,27H,2,6,8-12H2,1,3-5H3/t13?,14-,15?,16+,17-,18+,19+,23-/m1/s1. The van der Waals surface area contributed by atoms with Crippen molar-refractivity contribution in [2.45, 2.75) is 81.6 Å². The zero-order valence-electron chi connectivity index (χ0n) is 19.3. The molecule has 0 aromatic carbocycles. The van der Waals surface area contributed by atoms with Crippen LogP contribution in [0.1, 0.15) is 47.0 Å². The zero-order valence-corrected chi connectivity index (χ0v) is 20.9. The van der Waals surface area contributed by atoms with Crippen LogP contribution < -0.4 is 0 Å². The minimum Gasteiger partial charge on any atom is -0.466 e. The Bertz CT molecular complexity index is 763. The van der Waals surface area contributed by atoms with Crippen LogP contribution in [0.4, 0.5) is 0 Å². The molecule has 3 rings (SSSR count). The summed E-state index contributed by atoms with van der Waals surface area (Å²) < 4.78 is 11.7. The maximum absolute atomic E-state index is 14.1. The molecule has 1 N–H and O–H groups in total. The molecule has 3 saturated heterocycles. The van der Waals surface area contributed by atoms with E-state index < -0.39 is 41.6 Å². The number of rotatable bonds is 10. The fourth-order valence-corrected chi connectivity index (χ4v) is 6.72. The summed E-state index contributed by atoms with van der Waals surface area (Å²) in [6.07, 6.45) is 3.29. The average Bonchev–Trinajstić information content (AvgIpc) is 3.34. The van der Waals surface area contributed by atoms with Gasteiger partial charge in [0.2, 0.25) is 11.8 Å². The number of ether oxygens (including phenoxy) is 2. The van der Waals surface area contributed by atoms with Crippen LogP contribution in [0.3, 0.4) is 0 Å². The highest BCUT2D eigenvalue weighted by Crippen LogP contribution is 2.60. The third kappa shape index (κ3) is 3.80. The van der Waals surface area contributed by atoms with Gasteiger partial charge < -0.3 is 24.4 Å². The number of amides is 2. The van der Waals surface area contributed by atoms with Crippen molar-refractivity contribution >= 4 is 33.7 Å². The minimum atomic E-state index is -1.14. The lowest BCUT2D eigenvalue weighted by Crippen LogP contribution is -2.59. The first-order chi connectivity index (χ1) is 15.2. The Morgan fingerprint density at radius 1 is 1.44 bits per heavy atom. The van der Waals surface area contributed by atoms with Gasteiger partial charge in [-0.05, 0) is 33.6 Å². The zero-order chi connectivity index (χ0) is 23.8. The number of nitrogens with zero attached hydrogens (tertiary/aromatic N) is 2. The Hall–Kier alpha value is -1.45. The first kappa shape index (κ1) is 25.2. The largest absolute Gasteiger partial charge is 0.466 e. The van der Waals surface area contributed by atoms with Crippen LogP contribution in [-0.4, -0.2) is 87.1 Å². The Morgan fingerprint density at radius 2 is 2.12 bits per heavy atom. The summed E-state index contributed by atoms with van der Waals surface area (Å²) in [7, 11) is 0. The van der Waals surface area contributed by atoms with E-state index in [4.69, 9.17) is 9.47 Å². The van der Waals surface area contributed by atoms with Crippen molar-refractivity contribution in [1.29, 1.82) is 0 Å². The fraction of sp³-hybridized carbons (Fsp3) is 0.783. The lowest BCUT2D eigenvalue weighted by molar-refractivity contribution is -0.156. The van der Waals surface area contributed by atoms with Gasteiger partial charge in [0.15, 0.2) is 0 Å². The Morgan fingerprint density at radius 3 is 2.69 bits per heavy atom. The van der Waals surface area contributed by atoms with Gasteiger partial charge in [0.05, 0.1) is 37.2 Å². The van der Waals surface area contributed by atoms with Crippen molar-refractivity contribution in [3.05, 3.63) is 12.7 Å². The second-order valence-corrected chi connectivity index (χ2v) is 10.3. The smallest absolute Gasteiger partial charge is 0.312 e. The molecule has 0 aromatic rings. The fourth-order valence-electron chi connectivity index (χ4n) is 5.77. The summed E-state index contributed by atoms with van der Waals surface area (Å²) in [4.78, 5) is 43.6. The molecule has 2 unspecified atom stereocenters. The number of fused-ring (bicyclic) bond motifs is 1. The van der Waals surface area contributed by atoms with E-state index in [0.29, 0.717) is 13.0 Å². The van der Waals surface area contributed by atoms with Gasteiger partial charge in [0, 0.05) is 17.4 Å². The van der Waals surface area contributed by atoms with Crippen LogP contribution in [-0.2, 0) is 23.9 Å². The monoisotopic (exact) mass is 514 g/mol. The van der Waals surface area contributed by atoms with Crippen LogP contribution in [0.2, 0.25) is 0 Å². The van der Waals surface area contributed by atoms with Crippen LogP contribution in [0.5, 0.6) is 0 Å². The van der Waals surface area contributed by atoms with Crippen LogP contribution in [0, 0.1) is 11.8 Å². The molecule has 3 aliphatic heterocycles. The summed E-state index contributed by atoms with van der Waals surface area (Å²) in [6.45, 7) is 11.5. The molecular weight excluding hydrogens is 480 g/mol. The minimum absolute atomic E-state index is 0.0541. The molecule has 2 bridgehead atoms. The lowest BCUT2D eigenvalue weighted by Gasteiger charge is -2.40. The van der Waals surface area contributed by atoms with E-state index in [1.807, 2.05) is 6.92 Å². The molecular formula is C23H35BrN2O6. The van der Waals surface area contributed by atoms with Gasteiger partial charge in [0.1, 0.15) is 11.6 Å². The van der Waals surface area contributed by atoms with Crippen LogP contribution in [0.25, 0.3) is 0 Å². The van der Waals surface area contributed by atoms with E-state index in [2.05, 4.69) is 29.4 Å². The van der Waals surface area contributed by atoms with Crippen LogP contribution in [0.15, 0.2) is 12.7 Å². The first-order valence-electron chi connectivity index (χ1n) is 11.5. The molecule has 0 aromatic heterocycles. The number of hydrogen-bond donors (Lipinski definition) is 1. The van der Waals surface area contributed by atoms with Gasteiger partial charge >= 0.3 is 5.97 Å². The number of esters is 1. The maximum atomic E-state index is 14.1. The SMILES string of the molecule is C=CCN(C(=O)[C@@H]1N([C@H](C)CO)C(=O)[C@H]2[C@H](C(=O)OCC)[C@H]3O[C@@]12CC3Br)C(C)CCC. The highest BCUT2D eigenvalue weighted by molar-refractivity contribution is 9.09. The lowest BCUT2D eigenvalue weighted by atomic mass is 9.70. The topological polar surface area (TPSA) is 96.4 Å². The highest BCUT2D eigenvalue weighted by Gasteiger charge is 2.77. The second kappa shape index (κ2) is 9.81. The number of aliphatic hydroxyl groups excluding tert-OH is 1. The van der Waals surface area contributed by atoms with Crippen molar-refractivity contribution in [2.24, 2.45) is 11.8 Å². The van der Waals surface area contributed by atoms with Gasteiger partial charge in [-0.2, -0.15) is 0 Å². The number of carbonyl (C=O) groups is 3. The van der Waals surface area contributed by atoms with E-state index in [9.17, 15) is 19.5 Å². The molecule has 0 radical (unpaired) electrons. The molecule has 9 heteroatoms. The third-order valence-corrected chi connectivity index (χ3v) is 7.95. The molecule has 0 aliphatic carbocycles. The highest BCUT2D eigenvalue weighted by atomic mass is 79.9. The molecule has 32 heavy (non-hydrogen) atoms. The van der Waals surface area contributed by atoms with E-state index in [0.717, 1.165) is 12.8 Å². The summed E-state index contributed by atoms with van der Waals surface area (Å²) >= 11 is 3.63. The van der Waals surface area contributed by atoms with Crippen molar-refractivity contribution in [1.82, 2.24) is 9.80 Å². The van der Waals surface area contributed by atoms with Crippen LogP contribution >= 0.6 is 15.9 Å². The van der Waals surface area contributed by atoms with E-state index in [1.165, 1.54) is 4.90 Å². The second-order valence-electron chi connectivity index (χ2n) is 9.11. The van der Waals surface area contributed by atoms with E-state index >= 15 is 0 Å². The summed E-state index contributed by atoms with van der Waals surface area (Å²) in [5, 5.41) is 9.91. The predicted molar refractivity (Wildman–Crippen MR) is 122 cm³/mol. The first-order valence-corrected chi connectivity index (χ1v) is 12.4. The molecule has 8 atom stereocenters. The molecule has 3 aliphatic rings. The Balaban J connectivity index is 2.09. The van der Waals surface area contributed by atoms with Gasteiger partial charge in [-0.1, -0.05) is 35.4 Å². The maximum Gasteiger partial charge on any atom is 0.312 e. The quantitative estimate of drug-likeness (QED) is 0.271. The van der Waals surface area contributed by atoms with Gasteiger partial charge in [-0.3, -0.25) is 14.4 Å². The molecule has 0 saturated carbocycles. The van der Waals surface area contributed by atoms with Crippen molar-refractivity contribution in [2.75, 3.05) is 19.8 Å². The number of hydrogen-bond acceptors (Lipinski definition) is 6. The summed E-state index contributed by atoms with van der Waals surface area (Å²) in [6, 6.07) is -1.57. The molecule has 3 heterocycles.